The van der Waals surface area contributed by atoms with Gasteiger partial charge in [0.2, 0.25) is 5.91 Å². The molecule has 0 bridgehead atoms. The van der Waals surface area contributed by atoms with Gasteiger partial charge in [-0.25, -0.2) is 13.4 Å². The minimum atomic E-state index is -3.22. The molecule has 2 N–H and O–H groups in total. The molecule has 3 aromatic rings. The quantitative estimate of drug-likeness (QED) is 0.633. The number of hydrogen-bond donors (Lipinski definition) is 2. The number of sulfone groups is 1. The maximum absolute atomic E-state index is 12.3. The average Bonchev–Trinajstić information content (AvgIpc) is 3.04. The summed E-state index contributed by atoms with van der Waals surface area (Å²) in [6, 6.07) is 12.4. The molecule has 1 heterocycles. The van der Waals surface area contributed by atoms with E-state index in [1.54, 1.807) is 24.3 Å². The summed E-state index contributed by atoms with van der Waals surface area (Å²) < 4.78 is 23.0. The summed E-state index contributed by atoms with van der Waals surface area (Å²) in [7, 11) is -3.22. The zero-order chi connectivity index (χ0) is 20.3. The van der Waals surface area contributed by atoms with Gasteiger partial charge < -0.3 is 10.6 Å². The van der Waals surface area contributed by atoms with E-state index < -0.39 is 9.84 Å². The number of aryl methyl sites for hydroxylation is 2. The molecule has 0 atom stereocenters. The van der Waals surface area contributed by atoms with E-state index in [2.05, 4.69) is 15.6 Å². The number of nitrogens with zero attached hydrogens (tertiary/aromatic N) is 1. The summed E-state index contributed by atoms with van der Waals surface area (Å²) in [6.07, 6.45) is 1.35. The van der Waals surface area contributed by atoms with Crippen LogP contribution in [0.1, 0.15) is 16.8 Å². The summed E-state index contributed by atoms with van der Waals surface area (Å²) in [5.74, 6) is -0.122. The van der Waals surface area contributed by atoms with Crippen LogP contribution in [0.2, 0.25) is 0 Å². The molecule has 6 nitrogen and oxygen atoms in total. The molecule has 0 fully saturated rings. The lowest BCUT2D eigenvalue weighted by Crippen LogP contribution is -2.15. The highest BCUT2D eigenvalue weighted by atomic mass is 32.2. The molecule has 0 aliphatic carbocycles. The van der Waals surface area contributed by atoms with Gasteiger partial charge >= 0.3 is 0 Å². The molecule has 0 radical (unpaired) electrons. The Bertz CT molecular complexity index is 1100. The Morgan fingerprint density at radius 2 is 1.82 bits per heavy atom. The summed E-state index contributed by atoms with van der Waals surface area (Å²) in [5, 5.41) is 8.52. The predicted molar refractivity (Wildman–Crippen MR) is 113 cm³/mol. The molecule has 1 amide bonds. The van der Waals surface area contributed by atoms with Crippen molar-refractivity contribution in [2.24, 2.45) is 0 Å². The lowest BCUT2D eigenvalue weighted by atomic mass is 10.1. The molecule has 2 aromatic carbocycles. The van der Waals surface area contributed by atoms with Crippen molar-refractivity contribution in [3.05, 3.63) is 64.7 Å². The van der Waals surface area contributed by atoms with E-state index in [-0.39, 0.29) is 17.2 Å². The van der Waals surface area contributed by atoms with E-state index in [0.29, 0.717) is 10.8 Å². The number of rotatable bonds is 6. The monoisotopic (exact) mass is 415 g/mol. The van der Waals surface area contributed by atoms with Crippen LogP contribution in [0, 0.1) is 13.8 Å². The molecule has 0 aliphatic heterocycles. The Hall–Kier alpha value is -2.71. The fourth-order valence-corrected chi connectivity index (χ4v) is 3.94. The van der Waals surface area contributed by atoms with Crippen molar-refractivity contribution in [2.45, 2.75) is 25.2 Å². The first-order chi connectivity index (χ1) is 13.2. The Labute approximate surface area is 168 Å². The zero-order valence-electron chi connectivity index (χ0n) is 15.8. The number of anilines is 3. The topological polar surface area (TPSA) is 88.2 Å². The number of hydrogen-bond acceptors (Lipinski definition) is 6. The molecule has 0 saturated heterocycles. The van der Waals surface area contributed by atoms with Gasteiger partial charge in [0.25, 0.3) is 0 Å². The van der Waals surface area contributed by atoms with Crippen molar-refractivity contribution in [3.8, 4) is 0 Å². The van der Waals surface area contributed by atoms with Gasteiger partial charge in [-0.3, -0.25) is 4.79 Å². The van der Waals surface area contributed by atoms with Gasteiger partial charge in [-0.1, -0.05) is 12.1 Å². The fourth-order valence-electron chi connectivity index (χ4n) is 2.58. The van der Waals surface area contributed by atoms with E-state index in [4.69, 9.17) is 0 Å². The van der Waals surface area contributed by atoms with Crippen LogP contribution >= 0.6 is 11.3 Å². The normalized spacial score (nSPS) is 11.2. The summed E-state index contributed by atoms with van der Waals surface area (Å²) in [6.45, 7) is 3.94. The van der Waals surface area contributed by atoms with Crippen molar-refractivity contribution in [2.75, 3.05) is 16.9 Å². The summed E-state index contributed by atoms with van der Waals surface area (Å²) in [4.78, 5) is 17.0. The fraction of sp³-hybridized carbons (Fsp3) is 0.200. The molecule has 1 aromatic heterocycles. The Morgan fingerprint density at radius 3 is 2.50 bits per heavy atom. The van der Waals surface area contributed by atoms with Crippen LogP contribution in [0.3, 0.4) is 0 Å². The van der Waals surface area contributed by atoms with Crippen LogP contribution in [-0.2, 0) is 21.1 Å². The molecule has 28 heavy (non-hydrogen) atoms. The standard InChI is InChI=1S/C20H21N3O3S2/c1-13-4-5-14(2)18(10-13)23-19(24)11-16-12-27-20(22-16)21-15-6-8-17(9-7-15)28(3,25)26/h4-10,12H,11H2,1-3H3,(H,21,22)(H,23,24). The highest BCUT2D eigenvalue weighted by Gasteiger charge is 2.11. The van der Waals surface area contributed by atoms with Gasteiger partial charge in [0.1, 0.15) is 0 Å². The van der Waals surface area contributed by atoms with E-state index in [1.165, 1.54) is 17.6 Å². The number of thiazole rings is 1. The van der Waals surface area contributed by atoms with Gasteiger partial charge in [-0.05, 0) is 55.3 Å². The number of amides is 1. The number of aromatic nitrogens is 1. The third-order valence-electron chi connectivity index (χ3n) is 4.09. The molecular weight excluding hydrogens is 394 g/mol. The maximum atomic E-state index is 12.3. The van der Waals surface area contributed by atoms with Crippen LogP contribution in [0.4, 0.5) is 16.5 Å². The number of carbonyl (C=O) groups is 1. The lowest BCUT2D eigenvalue weighted by Gasteiger charge is -2.08. The van der Waals surface area contributed by atoms with Crippen molar-refractivity contribution in [3.63, 3.8) is 0 Å². The SMILES string of the molecule is Cc1ccc(C)c(NC(=O)Cc2csc(Nc3ccc(S(C)(=O)=O)cc3)n2)c1. The largest absolute Gasteiger partial charge is 0.332 e. The molecular formula is C20H21N3O3S2. The first-order valence-corrected chi connectivity index (χ1v) is 11.4. The second-order valence-electron chi connectivity index (χ2n) is 6.61. The molecule has 3 rings (SSSR count). The van der Waals surface area contributed by atoms with Crippen LogP contribution in [0.15, 0.2) is 52.7 Å². The second kappa shape index (κ2) is 8.12. The van der Waals surface area contributed by atoms with Crippen LogP contribution in [-0.4, -0.2) is 25.6 Å². The molecule has 0 unspecified atom stereocenters. The molecule has 0 saturated carbocycles. The smallest absolute Gasteiger partial charge is 0.230 e. The number of nitrogens with one attached hydrogen (secondary N) is 2. The summed E-state index contributed by atoms with van der Waals surface area (Å²) in [5.41, 5.74) is 4.31. The molecule has 8 heteroatoms. The maximum Gasteiger partial charge on any atom is 0.230 e. The second-order valence-corrected chi connectivity index (χ2v) is 9.48. The third-order valence-corrected chi connectivity index (χ3v) is 6.03. The van der Waals surface area contributed by atoms with Gasteiger partial charge in [0.05, 0.1) is 17.0 Å². The van der Waals surface area contributed by atoms with Crippen molar-refractivity contribution < 1.29 is 13.2 Å². The summed E-state index contributed by atoms with van der Waals surface area (Å²) >= 11 is 1.39. The predicted octanol–water partition coefficient (Wildman–Crippen LogP) is 4.09. The minimum Gasteiger partial charge on any atom is -0.332 e. The van der Waals surface area contributed by atoms with Crippen molar-refractivity contribution in [1.29, 1.82) is 0 Å². The minimum absolute atomic E-state index is 0.122. The van der Waals surface area contributed by atoms with Gasteiger partial charge in [-0.15, -0.1) is 11.3 Å². The number of carbonyl (C=O) groups excluding carboxylic acids is 1. The van der Waals surface area contributed by atoms with Gasteiger partial charge in [0, 0.05) is 23.0 Å². The molecule has 0 aliphatic rings. The van der Waals surface area contributed by atoms with Crippen LogP contribution < -0.4 is 10.6 Å². The Balaban J connectivity index is 1.62. The van der Waals surface area contributed by atoms with Crippen LogP contribution in [0.5, 0.6) is 0 Å². The van der Waals surface area contributed by atoms with E-state index in [1.807, 2.05) is 37.4 Å². The van der Waals surface area contributed by atoms with Crippen molar-refractivity contribution >= 4 is 43.6 Å². The molecule has 146 valence electrons. The van der Waals surface area contributed by atoms with E-state index in [9.17, 15) is 13.2 Å². The van der Waals surface area contributed by atoms with Crippen molar-refractivity contribution in [1.82, 2.24) is 4.98 Å². The van der Waals surface area contributed by atoms with Crippen LogP contribution in [0.25, 0.3) is 0 Å². The number of benzene rings is 2. The average molecular weight is 416 g/mol. The van der Waals surface area contributed by atoms with E-state index in [0.717, 1.165) is 22.5 Å². The highest BCUT2D eigenvalue weighted by molar-refractivity contribution is 7.90. The Kier molecular flexibility index (Phi) is 5.81. The zero-order valence-corrected chi connectivity index (χ0v) is 17.4. The Morgan fingerprint density at radius 1 is 1.11 bits per heavy atom. The highest BCUT2D eigenvalue weighted by Crippen LogP contribution is 2.23. The molecule has 0 spiro atoms. The van der Waals surface area contributed by atoms with E-state index >= 15 is 0 Å². The first kappa shape index (κ1) is 20.0. The lowest BCUT2D eigenvalue weighted by molar-refractivity contribution is -0.115. The van der Waals surface area contributed by atoms with Gasteiger partial charge in [0.15, 0.2) is 15.0 Å². The van der Waals surface area contributed by atoms with Gasteiger partial charge in [-0.2, -0.15) is 0 Å². The first-order valence-electron chi connectivity index (χ1n) is 8.59. The third kappa shape index (κ3) is 5.17.